The number of hydrogen-bond acceptors (Lipinski definition) is 18. The summed E-state index contributed by atoms with van der Waals surface area (Å²) in [5.74, 6) is -2.42. The molecule has 18 atom stereocenters. The number of cyclic esters (lactones) is 1. The summed E-state index contributed by atoms with van der Waals surface area (Å²) in [5, 5.41) is 45.2. The van der Waals surface area contributed by atoms with Crippen LogP contribution in [0.25, 0.3) is 0 Å². The number of benzene rings is 1. The van der Waals surface area contributed by atoms with E-state index in [4.69, 9.17) is 37.9 Å². The van der Waals surface area contributed by atoms with Gasteiger partial charge in [0.15, 0.2) is 12.6 Å². The number of sulfonamides is 1. The Hall–Kier alpha value is -2.81. The Morgan fingerprint density at radius 3 is 2.22 bits per heavy atom. The lowest BCUT2D eigenvalue weighted by atomic mass is 9.77. The zero-order valence-electron chi connectivity index (χ0n) is 48.2. The van der Waals surface area contributed by atoms with Crippen LogP contribution in [0.2, 0.25) is 0 Å². The summed E-state index contributed by atoms with van der Waals surface area (Å²) in [6.07, 6.45) is -2.23. The number of likely N-dealkylation sites (N-methyl/N-ethyl adjacent to an activating group) is 2. The van der Waals surface area contributed by atoms with Crippen LogP contribution >= 0.6 is 0 Å². The maximum atomic E-state index is 15.0. The van der Waals surface area contributed by atoms with Gasteiger partial charge in [0.05, 0.1) is 65.3 Å². The minimum Gasteiger partial charge on any atom is -0.459 e. The van der Waals surface area contributed by atoms with Crippen molar-refractivity contribution in [3.05, 3.63) is 41.7 Å². The molecule has 2 aromatic rings. The van der Waals surface area contributed by atoms with Gasteiger partial charge in [-0.15, -0.1) is 5.10 Å². The minimum atomic E-state index is -3.72. The van der Waals surface area contributed by atoms with Gasteiger partial charge in [-0.3, -0.25) is 4.79 Å². The van der Waals surface area contributed by atoms with Crippen molar-refractivity contribution in [2.45, 2.75) is 209 Å². The van der Waals surface area contributed by atoms with Crippen LogP contribution in [-0.4, -0.2) is 211 Å². The predicted molar refractivity (Wildman–Crippen MR) is 285 cm³/mol. The molecule has 20 nitrogen and oxygen atoms in total. The molecule has 0 amide bonds. The molecule has 4 fully saturated rings. The highest BCUT2D eigenvalue weighted by Gasteiger charge is 2.51. The zero-order valence-corrected chi connectivity index (χ0v) is 49.1. The topological polar surface area (TPSA) is 226 Å². The number of carbonyl (C=O) groups excluding carboxylic acids is 1. The van der Waals surface area contributed by atoms with Gasteiger partial charge < -0.3 is 63.0 Å². The van der Waals surface area contributed by atoms with Crippen molar-refractivity contribution in [2.24, 2.45) is 17.8 Å². The van der Waals surface area contributed by atoms with Gasteiger partial charge in [0, 0.05) is 90.3 Å². The molecule has 77 heavy (non-hydrogen) atoms. The number of hydrogen-bond donors (Lipinski definition) is 3. The standard InChI is InChI=1S/C55H93FN6O14S/c1-15-45-55(10,66)50(63)39(7)60(12)32-34(2)28-54(9,65)51(37(5)48(38(6)52(64)74-45)75-47-30-53(8,70-14)29-36(4)73-47)76-46-27-42(26-35(3)72-46)59(11)21-20-41-33-62(58-57-41)44(31-56)49(69-13)40-16-18-43(19-17-40)77(67,68)61-22-24-71-25-23-61/h16-19,33-39,42,44-51,63,65-66H,15,20-32H2,1-14H3/t34-,35-,36+,37+,38-,39-,42+,44-,45-,46+,47+,48+,49-,50-,51-,53+,54-,55-/m1/s1. The van der Waals surface area contributed by atoms with Crippen molar-refractivity contribution in [1.82, 2.24) is 29.1 Å². The number of nitrogens with zero attached hydrogens (tertiary/aromatic N) is 6. The van der Waals surface area contributed by atoms with Gasteiger partial charge >= 0.3 is 5.97 Å². The van der Waals surface area contributed by atoms with Gasteiger partial charge in [-0.05, 0) is 105 Å². The molecule has 0 bridgehead atoms. The van der Waals surface area contributed by atoms with Gasteiger partial charge in [-0.1, -0.05) is 38.1 Å². The van der Waals surface area contributed by atoms with E-state index in [2.05, 4.69) is 15.2 Å². The lowest BCUT2D eigenvalue weighted by molar-refractivity contribution is -0.292. The van der Waals surface area contributed by atoms with Gasteiger partial charge in [-0.25, -0.2) is 17.5 Å². The number of ether oxygens (including phenoxy) is 8. The number of rotatable bonds is 17. The fraction of sp³-hybridized carbons (Fsp3) is 0.836. The third-order valence-corrected chi connectivity index (χ3v) is 18.9. The second-order valence-corrected chi connectivity index (χ2v) is 25.4. The quantitative estimate of drug-likeness (QED) is 0.176. The molecule has 440 valence electrons. The number of methoxy groups -OCH3 is 2. The fourth-order valence-corrected chi connectivity index (χ4v) is 13.7. The van der Waals surface area contributed by atoms with Crippen molar-refractivity contribution in [1.29, 1.82) is 0 Å². The maximum absolute atomic E-state index is 15.0. The smallest absolute Gasteiger partial charge is 0.311 e. The molecule has 1 aromatic heterocycles. The van der Waals surface area contributed by atoms with E-state index in [1.807, 2.05) is 60.5 Å². The van der Waals surface area contributed by atoms with E-state index in [0.717, 1.165) is 0 Å². The number of carbonyl (C=O) groups is 1. The van der Waals surface area contributed by atoms with Crippen LogP contribution < -0.4 is 0 Å². The van der Waals surface area contributed by atoms with Gasteiger partial charge in [-0.2, -0.15) is 4.31 Å². The molecule has 0 unspecified atom stereocenters. The summed E-state index contributed by atoms with van der Waals surface area (Å²) >= 11 is 0. The number of halogens is 1. The molecule has 6 rings (SSSR count). The summed E-state index contributed by atoms with van der Waals surface area (Å²) < 4.78 is 94.6. The monoisotopic (exact) mass is 1110 g/mol. The molecule has 22 heteroatoms. The Kier molecular flexibility index (Phi) is 22.1. The van der Waals surface area contributed by atoms with Crippen molar-refractivity contribution in [2.75, 3.05) is 74.4 Å². The van der Waals surface area contributed by atoms with Crippen molar-refractivity contribution < 1.29 is 70.8 Å². The normalized spacial score (nSPS) is 37.9. The van der Waals surface area contributed by atoms with E-state index in [0.29, 0.717) is 69.7 Å². The van der Waals surface area contributed by atoms with Crippen molar-refractivity contribution >= 4 is 16.0 Å². The minimum absolute atomic E-state index is 0.0307. The molecule has 0 spiro atoms. The Morgan fingerprint density at radius 1 is 0.935 bits per heavy atom. The highest BCUT2D eigenvalue weighted by Crippen LogP contribution is 2.40. The Balaban J connectivity index is 1.21. The Bertz CT molecular complexity index is 2280. The van der Waals surface area contributed by atoms with Gasteiger partial charge in [0.1, 0.15) is 36.6 Å². The van der Waals surface area contributed by atoms with Gasteiger partial charge in [0.2, 0.25) is 10.0 Å². The number of alkyl halides is 1. The molecule has 5 heterocycles. The molecule has 3 N–H and O–H groups in total. The first-order chi connectivity index (χ1) is 36.2. The number of aromatic nitrogens is 3. The third-order valence-electron chi connectivity index (χ3n) is 16.9. The summed E-state index contributed by atoms with van der Waals surface area (Å²) in [7, 11) is 3.30. The van der Waals surface area contributed by atoms with E-state index in [9.17, 15) is 32.9 Å². The first-order valence-corrected chi connectivity index (χ1v) is 29.2. The second-order valence-electron chi connectivity index (χ2n) is 23.5. The van der Waals surface area contributed by atoms with Crippen LogP contribution in [0.3, 0.4) is 0 Å². The third kappa shape index (κ3) is 15.4. The molecular formula is C55H93FN6O14S. The average molecular weight is 1110 g/mol. The second kappa shape index (κ2) is 26.8. The van der Waals surface area contributed by atoms with E-state index >= 15 is 0 Å². The molecule has 0 radical (unpaired) electrons. The lowest BCUT2D eigenvalue weighted by Gasteiger charge is -2.47. The van der Waals surface area contributed by atoms with Crippen molar-refractivity contribution in [3.63, 3.8) is 0 Å². The largest absolute Gasteiger partial charge is 0.459 e. The van der Waals surface area contributed by atoms with E-state index in [-0.39, 0.29) is 55.0 Å². The van der Waals surface area contributed by atoms with Crippen LogP contribution in [0.4, 0.5) is 4.39 Å². The summed E-state index contributed by atoms with van der Waals surface area (Å²) in [5.41, 5.74) is -2.66. The molecular weight excluding hydrogens is 1020 g/mol. The summed E-state index contributed by atoms with van der Waals surface area (Å²) in [6, 6.07) is 4.86. The SMILES string of the molecule is CC[C@H]1OC(=O)[C@H](C)[C@@H](O[C@H]2C[C@@](C)(OC)C[C@H](C)O2)[C@H](C)[C@@H](O[C@H]2C[C@@H](N(C)CCc3cn([C@H](CF)[C@H](OC)c4ccc(S(=O)(=O)N5CCOCC5)cc4)nn3)C[C@@H](C)O2)[C@](C)(O)C[C@@H](C)CN(C)[C@H](C)[C@@H](O)[C@]1(C)O. The highest BCUT2D eigenvalue weighted by molar-refractivity contribution is 7.89. The Labute approximate surface area is 457 Å². The van der Waals surface area contributed by atoms with E-state index < -0.39 is 106 Å². The molecule has 4 aliphatic rings. The molecule has 4 aliphatic heterocycles. The maximum Gasteiger partial charge on any atom is 0.311 e. The van der Waals surface area contributed by atoms with Crippen LogP contribution in [0.5, 0.6) is 0 Å². The summed E-state index contributed by atoms with van der Waals surface area (Å²) in [6.45, 7) is 19.9. The zero-order chi connectivity index (χ0) is 56.8. The highest BCUT2D eigenvalue weighted by atomic mass is 32.2. The number of esters is 1. The first kappa shape index (κ1) is 63.4. The molecule has 0 saturated carbocycles. The predicted octanol–water partition coefficient (Wildman–Crippen LogP) is 5.08. The van der Waals surface area contributed by atoms with E-state index in [1.54, 1.807) is 46.2 Å². The molecule has 4 saturated heterocycles. The first-order valence-electron chi connectivity index (χ1n) is 27.8. The number of aliphatic hydroxyl groups excluding tert-OH is 1. The number of morpholine rings is 1. The average Bonchev–Trinajstić information content (AvgIpc) is 3.87. The van der Waals surface area contributed by atoms with Crippen LogP contribution in [0.15, 0.2) is 35.4 Å². The van der Waals surface area contributed by atoms with Gasteiger partial charge in [0.25, 0.3) is 0 Å². The van der Waals surface area contributed by atoms with Crippen LogP contribution in [0.1, 0.15) is 131 Å². The van der Waals surface area contributed by atoms with E-state index in [1.165, 1.54) is 35.2 Å². The summed E-state index contributed by atoms with van der Waals surface area (Å²) in [4.78, 5) is 18.8. The van der Waals surface area contributed by atoms with Crippen LogP contribution in [0, 0.1) is 17.8 Å². The molecule has 0 aliphatic carbocycles. The Morgan fingerprint density at radius 2 is 1.60 bits per heavy atom. The number of aliphatic hydroxyl groups is 3. The fourth-order valence-electron chi connectivity index (χ4n) is 12.3. The lowest BCUT2D eigenvalue weighted by Crippen LogP contribution is -2.59. The van der Waals surface area contributed by atoms with Crippen LogP contribution in [-0.2, 0) is 59.1 Å². The van der Waals surface area contributed by atoms with Crippen molar-refractivity contribution in [3.8, 4) is 0 Å². The molecule has 1 aromatic carbocycles.